The van der Waals surface area contributed by atoms with Gasteiger partial charge in [-0.15, -0.1) is 0 Å². The molecule has 1 aromatic rings. The van der Waals surface area contributed by atoms with Gasteiger partial charge in [-0.1, -0.05) is 25.1 Å². The molecule has 3 aliphatic rings. The van der Waals surface area contributed by atoms with Crippen LogP contribution in [0.15, 0.2) is 24.3 Å². The fourth-order valence-corrected chi connectivity index (χ4v) is 4.82. The molecule has 0 radical (unpaired) electrons. The third-order valence-electron chi connectivity index (χ3n) is 6.21. The zero-order valence-corrected chi connectivity index (χ0v) is 14.0. The second-order valence-electron chi connectivity index (χ2n) is 7.62. The first-order chi connectivity index (χ1) is 10.6. The second-order valence-corrected chi connectivity index (χ2v) is 7.62. The summed E-state index contributed by atoms with van der Waals surface area (Å²) < 4.78 is 5.74. The maximum absolute atomic E-state index is 5.74. The molecule has 1 saturated heterocycles. The van der Waals surface area contributed by atoms with E-state index < -0.39 is 0 Å². The summed E-state index contributed by atoms with van der Waals surface area (Å²) in [6, 6.07) is 4.80. The van der Waals surface area contributed by atoms with Crippen molar-refractivity contribution in [3.8, 4) is 5.75 Å². The molecule has 1 saturated carbocycles. The summed E-state index contributed by atoms with van der Waals surface area (Å²) in [4.78, 5) is 2.46. The van der Waals surface area contributed by atoms with E-state index in [-0.39, 0.29) is 5.41 Å². The highest BCUT2D eigenvalue weighted by molar-refractivity contribution is 5.49. The minimum atomic E-state index is 0.272. The molecule has 2 aliphatic carbocycles. The van der Waals surface area contributed by atoms with Crippen LogP contribution in [0.25, 0.3) is 0 Å². The third kappa shape index (κ3) is 2.20. The molecular weight excluding hydrogens is 270 g/mol. The van der Waals surface area contributed by atoms with E-state index in [1.807, 2.05) is 7.11 Å². The molecule has 0 bridgehead atoms. The Bertz CT molecular complexity index is 616. The van der Waals surface area contributed by atoms with Gasteiger partial charge in [0.15, 0.2) is 0 Å². The Kier molecular flexibility index (Phi) is 3.34. The Morgan fingerprint density at radius 2 is 2.14 bits per heavy atom. The fourth-order valence-electron chi connectivity index (χ4n) is 4.82. The largest absolute Gasteiger partial charge is 0.496 e. The van der Waals surface area contributed by atoms with Crippen LogP contribution in [0.3, 0.4) is 0 Å². The van der Waals surface area contributed by atoms with Crippen LogP contribution in [-0.2, 0) is 18.4 Å². The van der Waals surface area contributed by atoms with Crippen LogP contribution >= 0.6 is 0 Å². The van der Waals surface area contributed by atoms with Crippen molar-refractivity contribution >= 4 is 0 Å². The minimum absolute atomic E-state index is 0.272. The van der Waals surface area contributed by atoms with E-state index in [4.69, 9.17) is 4.74 Å². The van der Waals surface area contributed by atoms with E-state index in [9.17, 15) is 0 Å². The molecule has 22 heavy (non-hydrogen) atoms. The van der Waals surface area contributed by atoms with Crippen LogP contribution < -0.4 is 4.74 Å². The maximum atomic E-state index is 5.74. The van der Waals surface area contributed by atoms with Crippen LogP contribution in [0.2, 0.25) is 0 Å². The van der Waals surface area contributed by atoms with Gasteiger partial charge in [0.05, 0.1) is 7.11 Å². The lowest BCUT2D eigenvalue weighted by molar-refractivity contribution is 0.234. The molecular formula is C20H27NO. The number of ether oxygens (including phenoxy) is 1. The van der Waals surface area contributed by atoms with Gasteiger partial charge in [0.1, 0.15) is 5.75 Å². The Balaban J connectivity index is 1.77. The van der Waals surface area contributed by atoms with Gasteiger partial charge >= 0.3 is 0 Å². The SMILES string of the molecule is C=C1CCC[C@]2(C)c3cc(OC)c(CN4CC4)cc3CC[C@@H]12. The highest BCUT2D eigenvalue weighted by atomic mass is 16.5. The van der Waals surface area contributed by atoms with Crippen molar-refractivity contribution in [3.05, 3.63) is 41.0 Å². The zero-order chi connectivity index (χ0) is 15.3. The number of allylic oxidation sites excluding steroid dienone is 1. The van der Waals surface area contributed by atoms with Gasteiger partial charge in [0.2, 0.25) is 0 Å². The van der Waals surface area contributed by atoms with Crippen molar-refractivity contribution < 1.29 is 4.74 Å². The predicted octanol–water partition coefficient (Wildman–Crippen LogP) is 4.07. The predicted molar refractivity (Wildman–Crippen MR) is 90.4 cm³/mol. The summed E-state index contributed by atoms with van der Waals surface area (Å²) in [5.74, 6) is 1.75. The summed E-state index contributed by atoms with van der Waals surface area (Å²) in [7, 11) is 1.82. The Morgan fingerprint density at radius 3 is 2.86 bits per heavy atom. The van der Waals surface area contributed by atoms with Crippen molar-refractivity contribution in [3.63, 3.8) is 0 Å². The molecule has 2 fully saturated rings. The van der Waals surface area contributed by atoms with Crippen LogP contribution in [0.1, 0.15) is 49.3 Å². The van der Waals surface area contributed by atoms with Crippen molar-refractivity contribution in [2.24, 2.45) is 5.92 Å². The van der Waals surface area contributed by atoms with Gasteiger partial charge in [-0.3, -0.25) is 4.90 Å². The Labute approximate surface area is 134 Å². The molecule has 4 rings (SSSR count). The Morgan fingerprint density at radius 1 is 1.32 bits per heavy atom. The topological polar surface area (TPSA) is 12.2 Å². The summed E-state index contributed by atoms with van der Waals surface area (Å²) in [6.07, 6.45) is 6.27. The molecule has 1 aromatic carbocycles. The molecule has 0 amide bonds. The molecule has 2 atom stereocenters. The van der Waals surface area contributed by atoms with Crippen LogP contribution in [0.5, 0.6) is 5.75 Å². The molecule has 1 heterocycles. The number of aryl methyl sites for hydroxylation is 1. The second kappa shape index (κ2) is 5.13. The number of hydrogen-bond acceptors (Lipinski definition) is 2. The molecule has 0 N–H and O–H groups in total. The van der Waals surface area contributed by atoms with E-state index >= 15 is 0 Å². The third-order valence-corrected chi connectivity index (χ3v) is 6.21. The summed E-state index contributed by atoms with van der Waals surface area (Å²) in [5.41, 5.74) is 6.22. The van der Waals surface area contributed by atoms with Crippen molar-refractivity contribution in [1.29, 1.82) is 0 Å². The van der Waals surface area contributed by atoms with Crippen molar-refractivity contribution in [1.82, 2.24) is 4.90 Å². The van der Waals surface area contributed by atoms with Gasteiger partial charge in [-0.25, -0.2) is 0 Å². The highest BCUT2D eigenvalue weighted by Crippen LogP contribution is 2.52. The summed E-state index contributed by atoms with van der Waals surface area (Å²) in [6.45, 7) is 10.4. The number of benzene rings is 1. The van der Waals surface area contributed by atoms with Crippen molar-refractivity contribution in [2.75, 3.05) is 20.2 Å². The van der Waals surface area contributed by atoms with E-state index in [2.05, 4.69) is 30.5 Å². The molecule has 2 nitrogen and oxygen atoms in total. The number of rotatable bonds is 3. The van der Waals surface area contributed by atoms with Gasteiger partial charge in [0, 0.05) is 25.2 Å². The van der Waals surface area contributed by atoms with Gasteiger partial charge < -0.3 is 4.74 Å². The number of hydrogen-bond donors (Lipinski definition) is 0. The quantitative estimate of drug-likeness (QED) is 0.616. The molecule has 0 spiro atoms. The van der Waals surface area contributed by atoms with Crippen LogP contribution in [-0.4, -0.2) is 25.1 Å². The molecule has 118 valence electrons. The van der Waals surface area contributed by atoms with Crippen molar-refractivity contribution in [2.45, 2.75) is 51.0 Å². The van der Waals surface area contributed by atoms with E-state index in [0.29, 0.717) is 5.92 Å². The highest BCUT2D eigenvalue weighted by Gasteiger charge is 2.43. The van der Waals surface area contributed by atoms with Crippen LogP contribution in [0.4, 0.5) is 0 Å². The fraction of sp³-hybridized carbons (Fsp3) is 0.600. The normalized spacial score (nSPS) is 30.6. The average molecular weight is 297 g/mol. The lowest BCUT2D eigenvalue weighted by atomic mass is 9.57. The van der Waals surface area contributed by atoms with Gasteiger partial charge in [-0.05, 0) is 60.6 Å². The first kappa shape index (κ1) is 14.3. The number of methoxy groups -OCH3 is 1. The zero-order valence-electron chi connectivity index (χ0n) is 14.0. The lowest BCUT2D eigenvalue weighted by Gasteiger charge is -2.47. The smallest absolute Gasteiger partial charge is 0.123 e. The van der Waals surface area contributed by atoms with E-state index in [1.165, 1.54) is 61.9 Å². The first-order valence-electron chi connectivity index (χ1n) is 8.72. The monoisotopic (exact) mass is 297 g/mol. The minimum Gasteiger partial charge on any atom is -0.496 e. The van der Waals surface area contributed by atoms with E-state index in [0.717, 1.165) is 12.3 Å². The van der Waals surface area contributed by atoms with Gasteiger partial charge in [-0.2, -0.15) is 0 Å². The number of nitrogens with zero attached hydrogens (tertiary/aromatic N) is 1. The molecule has 0 unspecified atom stereocenters. The standard InChI is InChI=1S/C20H27NO/c1-14-5-4-8-20(2)17(14)7-6-15-11-16(13-21-9-10-21)19(22-3)12-18(15)20/h11-12,17H,1,4-10,13H2,2-3H3/t17-,20-/m0/s1. The van der Waals surface area contributed by atoms with Gasteiger partial charge in [0.25, 0.3) is 0 Å². The maximum Gasteiger partial charge on any atom is 0.123 e. The summed E-state index contributed by atoms with van der Waals surface area (Å²) >= 11 is 0. The van der Waals surface area contributed by atoms with E-state index in [1.54, 1.807) is 5.56 Å². The Hall–Kier alpha value is -1.28. The van der Waals surface area contributed by atoms with Crippen LogP contribution in [0, 0.1) is 5.92 Å². The summed E-state index contributed by atoms with van der Waals surface area (Å²) in [5, 5.41) is 0. The molecule has 1 aliphatic heterocycles. The molecule has 0 aromatic heterocycles. The first-order valence-corrected chi connectivity index (χ1v) is 8.72. The average Bonchev–Trinajstić information content (AvgIpc) is 3.30. The molecule has 2 heteroatoms. The number of fused-ring (bicyclic) bond motifs is 3. The lowest BCUT2D eigenvalue weighted by Crippen LogP contribution is -2.40.